The first-order chi connectivity index (χ1) is 13.6. The number of para-hydroxylation sites is 2. The van der Waals surface area contributed by atoms with E-state index in [9.17, 15) is 14.4 Å². The van der Waals surface area contributed by atoms with Crippen molar-refractivity contribution in [1.29, 1.82) is 0 Å². The molecular weight excluding hydrogens is 362 g/mol. The summed E-state index contributed by atoms with van der Waals surface area (Å²) in [7, 11) is 0. The second kappa shape index (κ2) is 9.36. The lowest BCUT2D eigenvalue weighted by Crippen LogP contribution is -2.29. The van der Waals surface area contributed by atoms with Crippen molar-refractivity contribution < 1.29 is 23.5 Å². The number of hydrogen-bond acceptors (Lipinski definition) is 6. The van der Waals surface area contributed by atoms with Crippen molar-refractivity contribution in [1.82, 2.24) is 5.32 Å². The zero-order valence-electron chi connectivity index (χ0n) is 15.1. The van der Waals surface area contributed by atoms with Crippen molar-refractivity contribution in [2.75, 3.05) is 19.8 Å². The molecule has 3 aromatic rings. The Balaban J connectivity index is 1.39. The molecule has 1 amide bonds. The number of esters is 1. The lowest BCUT2D eigenvalue weighted by atomic mass is 10.2. The average Bonchev–Trinajstić information content (AvgIpc) is 2.72. The van der Waals surface area contributed by atoms with Crippen molar-refractivity contribution in [3.05, 3.63) is 76.6 Å². The number of benzene rings is 2. The molecule has 0 aliphatic carbocycles. The van der Waals surface area contributed by atoms with E-state index in [1.807, 2.05) is 6.07 Å². The molecule has 0 unspecified atom stereocenters. The Morgan fingerprint density at radius 1 is 1.00 bits per heavy atom. The SMILES string of the molecule is O=C(COc1ccccc1)OCCCNC(=O)c1cc2ccccc2oc1=O. The predicted molar refractivity (Wildman–Crippen MR) is 102 cm³/mol. The van der Waals surface area contributed by atoms with Crippen LogP contribution in [0.25, 0.3) is 11.0 Å². The van der Waals surface area contributed by atoms with E-state index < -0.39 is 17.5 Å². The van der Waals surface area contributed by atoms with Gasteiger partial charge in [0.05, 0.1) is 6.61 Å². The second-order valence-corrected chi connectivity index (χ2v) is 5.92. The Kier molecular flexibility index (Phi) is 6.41. The van der Waals surface area contributed by atoms with E-state index in [0.29, 0.717) is 23.1 Å². The third-order valence-corrected chi connectivity index (χ3v) is 3.86. The lowest BCUT2D eigenvalue weighted by molar-refractivity contribution is -0.146. The molecule has 1 heterocycles. The van der Waals surface area contributed by atoms with Gasteiger partial charge in [-0.05, 0) is 30.7 Å². The van der Waals surface area contributed by atoms with E-state index >= 15 is 0 Å². The number of hydrogen-bond donors (Lipinski definition) is 1. The Bertz CT molecular complexity index is 1010. The monoisotopic (exact) mass is 381 g/mol. The lowest BCUT2D eigenvalue weighted by Gasteiger charge is -2.08. The van der Waals surface area contributed by atoms with Gasteiger partial charge in [-0.1, -0.05) is 36.4 Å². The van der Waals surface area contributed by atoms with Gasteiger partial charge in [-0.2, -0.15) is 0 Å². The van der Waals surface area contributed by atoms with Crippen LogP contribution in [0.5, 0.6) is 5.75 Å². The summed E-state index contributed by atoms with van der Waals surface area (Å²) in [5.41, 5.74) is -0.332. The fraction of sp³-hybridized carbons (Fsp3) is 0.190. The number of carbonyl (C=O) groups is 2. The van der Waals surface area contributed by atoms with Gasteiger partial charge in [0, 0.05) is 11.9 Å². The summed E-state index contributed by atoms with van der Waals surface area (Å²) in [6.45, 7) is 0.190. The minimum Gasteiger partial charge on any atom is -0.482 e. The third-order valence-electron chi connectivity index (χ3n) is 3.86. The minimum atomic E-state index is -0.694. The van der Waals surface area contributed by atoms with Gasteiger partial charge in [0.25, 0.3) is 5.91 Å². The average molecular weight is 381 g/mol. The molecular formula is C21H19NO6. The molecule has 0 saturated heterocycles. The highest BCUT2D eigenvalue weighted by Gasteiger charge is 2.13. The van der Waals surface area contributed by atoms with Crippen molar-refractivity contribution in [2.45, 2.75) is 6.42 Å². The molecule has 1 N–H and O–H groups in total. The van der Waals surface area contributed by atoms with E-state index in [2.05, 4.69) is 5.32 Å². The fourth-order valence-electron chi connectivity index (χ4n) is 2.48. The van der Waals surface area contributed by atoms with Gasteiger partial charge >= 0.3 is 11.6 Å². The van der Waals surface area contributed by atoms with Gasteiger partial charge in [0.2, 0.25) is 0 Å². The van der Waals surface area contributed by atoms with Crippen LogP contribution in [0.1, 0.15) is 16.8 Å². The van der Waals surface area contributed by atoms with Crippen LogP contribution in [-0.2, 0) is 9.53 Å². The van der Waals surface area contributed by atoms with Crippen LogP contribution in [0, 0.1) is 0 Å². The predicted octanol–water partition coefficient (Wildman–Crippen LogP) is 2.54. The van der Waals surface area contributed by atoms with Crippen LogP contribution in [-0.4, -0.2) is 31.6 Å². The summed E-state index contributed by atoms with van der Waals surface area (Å²) >= 11 is 0. The Morgan fingerprint density at radius 2 is 1.75 bits per heavy atom. The molecule has 2 aromatic carbocycles. The molecule has 0 spiro atoms. The maximum absolute atomic E-state index is 12.2. The van der Waals surface area contributed by atoms with Crippen LogP contribution < -0.4 is 15.7 Å². The van der Waals surface area contributed by atoms with Crippen molar-refractivity contribution in [3.63, 3.8) is 0 Å². The minimum absolute atomic E-state index is 0.0630. The summed E-state index contributed by atoms with van der Waals surface area (Å²) < 4.78 is 15.5. The molecule has 7 nitrogen and oxygen atoms in total. The first-order valence-corrected chi connectivity index (χ1v) is 8.78. The van der Waals surface area contributed by atoms with E-state index in [-0.39, 0.29) is 25.3 Å². The second-order valence-electron chi connectivity index (χ2n) is 5.92. The molecule has 0 saturated carbocycles. The van der Waals surface area contributed by atoms with Crippen molar-refractivity contribution in [3.8, 4) is 5.75 Å². The Morgan fingerprint density at radius 3 is 2.57 bits per heavy atom. The highest BCUT2D eigenvalue weighted by atomic mass is 16.6. The van der Waals surface area contributed by atoms with Gasteiger partial charge in [0.15, 0.2) is 6.61 Å². The van der Waals surface area contributed by atoms with Crippen molar-refractivity contribution >= 4 is 22.8 Å². The largest absolute Gasteiger partial charge is 0.482 e. The van der Waals surface area contributed by atoms with Crippen LogP contribution in [0.15, 0.2) is 69.9 Å². The number of ether oxygens (including phenoxy) is 2. The molecule has 0 aliphatic heterocycles. The van der Waals surface area contributed by atoms with Crippen LogP contribution in [0.3, 0.4) is 0 Å². The van der Waals surface area contributed by atoms with Crippen LogP contribution >= 0.6 is 0 Å². The van der Waals surface area contributed by atoms with E-state index in [0.717, 1.165) is 0 Å². The molecule has 0 atom stereocenters. The standard InChI is InChI=1S/C21H19NO6/c23-19(14-27-16-8-2-1-3-9-16)26-12-6-11-22-20(24)17-13-15-7-4-5-10-18(15)28-21(17)25/h1-5,7-10,13H,6,11-12,14H2,(H,22,24). The zero-order chi connectivity index (χ0) is 19.8. The van der Waals surface area contributed by atoms with Gasteiger partial charge in [-0.25, -0.2) is 9.59 Å². The fourth-order valence-corrected chi connectivity index (χ4v) is 2.48. The summed E-state index contributed by atoms with van der Waals surface area (Å²) in [5.74, 6) is -0.440. The molecule has 0 bridgehead atoms. The highest BCUT2D eigenvalue weighted by Crippen LogP contribution is 2.12. The van der Waals surface area contributed by atoms with E-state index in [1.165, 1.54) is 6.07 Å². The molecule has 1 aromatic heterocycles. The topological polar surface area (TPSA) is 94.8 Å². The molecule has 3 rings (SSSR count). The molecule has 0 aliphatic rings. The van der Waals surface area contributed by atoms with E-state index in [4.69, 9.17) is 13.9 Å². The molecule has 144 valence electrons. The quantitative estimate of drug-likeness (QED) is 0.366. The Labute approximate surface area is 160 Å². The normalized spacial score (nSPS) is 10.4. The number of carbonyl (C=O) groups excluding carboxylic acids is 2. The van der Waals surface area contributed by atoms with Gasteiger partial charge in [0.1, 0.15) is 16.9 Å². The summed E-state index contributed by atoms with van der Waals surface area (Å²) in [4.78, 5) is 35.7. The first kappa shape index (κ1) is 19.2. The molecule has 0 radical (unpaired) electrons. The number of amides is 1. The number of rotatable bonds is 8. The summed E-state index contributed by atoms with van der Waals surface area (Å²) in [5, 5.41) is 3.28. The number of fused-ring (bicyclic) bond motifs is 1. The first-order valence-electron chi connectivity index (χ1n) is 8.78. The Hall–Kier alpha value is -3.61. The molecule has 0 fully saturated rings. The van der Waals surface area contributed by atoms with Crippen LogP contribution in [0.4, 0.5) is 0 Å². The van der Waals surface area contributed by atoms with Crippen molar-refractivity contribution in [2.24, 2.45) is 0 Å². The third kappa shape index (κ3) is 5.20. The number of nitrogens with one attached hydrogen (secondary N) is 1. The summed E-state index contributed by atoms with van der Waals surface area (Å²) in [6.07, 6.45) is 0.404. The molecule has 28 heavy (non-hydrogen) atoms. The molecule has 7 heteroatoms. The van der Waals surface area contributed by atoms with Crippen LogP contribution in [0.2, 0.25) is 0 Å². The van der Waals surface area contributed by atoms with Gasteiger partial charge in [-0.15, -0.1) is 0 Å². The van der Waals surface area contributed by atoms with Gasteiger partial charge < -0.3 is 19.2 Å². The maximum Gasteiger partial charge on any atom is 0.349 e. The summed E-state index contributed by atoms with van der Waals surface area (Å²) in [6, 6.07) is 17.4. The van der Waals surface area contributed by atoms with E-state index in [1.54, 1.807) is 48.5 Å². The smallest absolute Gasteiger partial charge is 0.349 e. The zero-order valence-corrected chi connectivity index (χ0v) is 15.1. The maximum atomic E-state index is 12.2. The highest BCUT2D eigenvalue weighted by molar-refractivity contribution is 5.96. The van der Waals surface area contributed by atoms with Gasteiger partial charge in [-0.3, -0.25) is 4.79 Å².